The summed E-state index contributed by atoms with van der Waals surface area (Å²) in [7, 11) is 0. The van der Waals surface area contributed by atoms with E-state index in [1.165, 1.54) is 4.88 Å². The molecule has 1 aromatic rings. The van der Waals surface area contributed by atoms with Crippen LogP contribution in [-0.2, 0) is 4.79 Å². The molecule has 4 nitrogen and oxygen atoms in total. The zero-order valence-electron chi connectivity index (χ0n) is 11.0. The van der Waals surface area contributed by atoms with Crippen LogP contribution in [0.15, 0.2) is 0 Å². The maximum absolute atomic E-state index is 11.5. The number of hydrogen-bond donors (Lipinski definition) is 2. The fourth-order valence-electron chi connectivity index (χ4n) is 1.28. The molecule has 0 fully saturated rings. The van der Waals surface area contributed by atoms with E-state index in [0.29, 0.717) is 13.0 Å². The number of rotatable bonds is 6. The largest absolute Gasteiger partial charge is 0.361 e. The first-order valence-corrected chi connectivity index (χ1v) is 6.81. The van der Waals surface area contributed by atoms with Crippen molar-refractivity contribution in [1.82, 2.24) is 10.3 Å². The third-order valence-corrected chi connectivity index (χ3v) is 3.71. The van der Waals surface area contributed by atoms with Gasteiger partial charge in [-0.05, 0) is 27.2 Å². The lowest BCUT2D eigenvalue weighted by Crippen LogP contribution is -2.32. The number of carbonyl (C=O) groups excluding carboxylic acids is 1. The van der Waals surface area contributed by atoms with E-state index in [2.05, 4.69) is 22.5 Å². The Labute approximate surface area is 107 Å². The number of amides is 1. The van der Waals surface area contributed by atoms with Crippen molar-refractivity contribution in [3.8, 4) is 0 Å². The monoisotopic (exact) mass is 255 g/mol. The fraction of sp³-hybridized carbons (Fsp3) is 0.667. The third kappa shape index (κ3) is 4.73. The van der Waals surface area contributed by atoms with E-state index in [0.717, 1.165) is 17.2 Å². The number of thiazole rings is 1. The Morgan fingerprint density at radius 2 is 2.18 bits per heavy atom. The van der Waals surface area contributed by atoms with Crippen molar-refractivity contribution in [3.05, 3.63) is 10.6 Å². The highest BCUT2D eigenvalue weighted by atomic mass is 32.1. The van der Waals surface area contributed by atoms with Crippen LogP contribution in [0.2, 0.25) is 0 Å². The molecule has 1 unspecified atom stereocenters. The summed E-state index contributed by atoms with van der Waals surface area (Å²) in [5.41, 5.74) is 1.06. The maximum Gasteiger partial charge on any atom is 0.221 e. The van der Waals surface area contributed by atoms with Crippen LogP contribution in [-0.4, -0.2) is 23.5 Å². The van der Waals surface area contributed by atoms with E-state index >= 15 is 0 Å². The van der Waals surface area contributed by atoms with E-state index < -0.39 is 0 Å². The average molecular weight is 255 g/mol. The van der Waals surface area contributed by atoms with Gasteiger partial charge in [0, 0.05) is 23.9 Å². The fourth-order valence-corrected chi connectivity index (χ4v) is 2.12. The summed E-state index contributed by atoms with van der Waals surface area (Å²) >= 11 is 1.63. The van der Waals surface area contributed by atoms with Gasteiger partial charge in [0.2, 0.25) is 5.91 Å². The second-order valence-electron chi connectivity index (χ2n) is 4.21. The highest BCUT2D eigenvalue weighted by molar-refractivity contribution is 7.15. The molecule has 2 N–H and O–H groups in total. The van der Waals surface area contributed by atoms with Gasteiger partial charge in [-0.3, -0.25) is 4.79 Å². The summed E-state index contributed by atoms with van der Waals surface area (Å²) in [4.78, 5) is 17.1. The van der Waals surface area contributed by atoms with Gasteiger partial charge in [0.1, 0.15) is 0 Å². The maximum atomic E-state index is 11.5. The van der Waals surface area contributed by atoms with Crippen molar-refractivity contribution in [3.63, 3.8) is 0 Å². The van der Waals surface area contributed by atoms with Gasteiger partial charge < -0.3 is 10.6 Å². The molecule has 1 heterocycles. The summed E-state index contributed by atoms with van der Waals surface area (Å²) in [6, 6.07) is 0.256. The lowest BCUT2D eigenvalue weighted by atomic mass is 10.2. The van der Waals surface area contributed by atoms with Crippen LogP contribution >= 0.6 is 11.3 Å². The van der Waals surface area contributed by atoms with E-state index in [4.69, 9.17) is 0 Å². The molecule has 17 heavy (non-hydrogen) atoms. The first-order chi connectivity index (χ1) is 8.02. The number of nitrogens with one attached hydrogen (secondary N) is 2. The minimum atomic E-state index is 0.0943. The van der Waals surface area contributed by atoms with Crippen molar-refractivity contribution < 1.29 is 4.79 Å². The third-order valence-electron chi connectivity index (χ3n) is 2.68. The molecule has 0 saturated carbocycles. The molecule has 5 heteroatoms. The van der Waals surface area contributed by atoms with Gasteiger partial charge >= 0.3 is 0 Å². The first kappa shape index (κ1) is 14.0. The molecule has 0 aromatic carbocycles. The van der Waals surface area contributed by atoms with Gasteiger partial charge in [0.15, 0.2) is 5.13 Å². The lowest BCUT2D eigenvalue weighted by molar-refractivity contribution is -0.121. The summed E-state index contributed by atoms with van der Waals surface area (Å²) in [6.07, 6.45) is 1.45. The molecule has 0 aliphatic carbocycles. The Morgan fingerprint density at radius 3 is 2.71 bits per heavy atom. The zero-order chi connectivity index (χ0) is 12.8. The van der Waals surface area contributed by atoms with Gasteiger partial charge in [0.25, 0.3) is 0 Å². The molecule has 0 bridgehead atoms. The molecule has 1 rings (SSSR count). The molecule has 1 amide bonds. The second-order valence-corrected chi connectivity index (χ2v) is 5.42. The Kier molecular flexibility index (Phi) is 5.41. The Bertz CT molecular complexity index is 356. The molecular formula is C12H21N3OS. The van der Waals surface area contributed by atoms with Gasteiger partial charge in [-0.2, -0.15) is 0 Å². The van der Waals surface area contributed by atoms with Crippen molar-refractivity contribution in [2.45, 2.75) is 46.6 Å². The van der Waals surface area contributed by atoms with Crippen LogP contribution in [0.5, 0.6) is 0 Å². The van der Waals surface area contributed by atoms with Crippen LogP contribution in [0.1, 0.15) is 37.3 Å². The summed E-state index contributed by atoms with van der Waals surface area (Å²) in [5.74, 6) is 0.0943. The van der Waals surface area contributed by atoms with Gasteiger partial charge in [-0.25, -0.2) is 4.98 Å². The molecule has 1 aromatic heterocycles. The Hall–Kier alpha value is -1.10. The minimum absolute atomic E-state index is 0.0943. The number of aromatic nitrogens is 1. The van der Waals surface area contributed by atoms with Crippen molar-refractivity contribution in [2.24, 2.45) is 0 Å². The lowest BCUT2D eigenvalue weighted by Gasteiger charge is -2.11. The van der Waals surface area contributed by atoms with Crippen LogP contribution < -0.4 is 10.6 Å². The molecule has 0 radical (unpaired) electrons. The van der Waals surface area contributed by atoms with Crippen molar-refractivity contribution >= 4 is 22.4 Å². The molecule has 1 atom stereocenters. The predicted molar refractivity (Wildman–Crippen MR) is 72.6 cm³/mol. The number of nitrogens with zero attached hydrogens (tertiary/aromatic N) is 1. The molecule has 0 saturated heterocycles. The van der Waals surface area contributed by atoms with E-state index in [1.54, 1.807) is 11.3 Å². The first-order valence-electron chi connectivity index (χ1n) is 6.00. The quantitative estimate of drug-likeness (QED) is 0.821. The van der Waals surface area contributed by atoms with Crippen LogP contribution in [0, 0.1) is 13.8 Å². The van der Waals surface area contributed by atoms with Crippen molar-refractivity contribution in [2.75, 3.05) is 11.9 Å². The van der Waals surface area contributed by atoms with E-state index in [-0.39, 0.29) is 11.9 Å². The summed E-state index contributed by atoms with van der Waals surface area (Å²) in [5, 5.41) is 7.01. The highest BCUT2D eigenvalue weighted by Gasteiger charge is 2.06. The SMILES string of the molecule is CCC(C)NC(=O)CCNc1nc(C)c(C)s1. The van der Waals surface area contributed by atoms with Crippen molar-refractivity contribution in [1.29, 1.82) is 0 Å². The number of anilines is 1. The molecular weight excluding hydrogens is 234 g/mol. The minimum Gasteiger partial charge on any atom is -0.361 e. The van der Waals surface area contributed by atoms with Crippen LogP contribution in [0.3, 0.4) is 0 Å². The predicted octanol–water partition coefficient (Wildman–Crippen LogP) is 2.48. The van der Waals surface area contributed by atoms with E-state index in [1.807, 2.05) is 20.8 Å². The number of hydrogen-bond acceptors (Lipinski definition) is 4. The second kappa shape index (κ2) is 6.59. The molecule has 0 aliphatic rings. The Morgan fingerprint density at radius 1 is 1.47 bits per heavy atom. The van der Waals surface area contributed by atoms with Crippen LogP contribution in [0.25, 0.3) is 0 Å². The topological polar surface area (TPSA) is 54.0 Å². The normalized spacial score (nSPS) is 12.2. The molecule has 0 spiro atoms. The standard InChI is InChI=1S/C12H21N3OS/c1-5-8(2)14-11(16)6-7-13-12-15-9(3)10(4)17-12/h8H,5-7H2,1-4H3,(H,13,15)(H,14,16). The summed E-state index contributed by atoms with van der Waals surface area (Å²) < 4.78 is 0. The molecule has 96 valence electrons. The highest BCUT2D eigenvalue weighted by Crippen LogP contribution is 2.20. The molecule has 0 aliphatic heterocycles. The van der Waals surface area contributed by atoms with Gasteiger partial charge in [-0.15, -0.1) is 11.3 Å². The van der Waals surface area contributed by atoms with Crippen LogP contribution in [0.4, 0.5) is 5.13 Å². The zero-order valence-corrected chi connectivity index (χ0v) is 11.8. The smallest absolute Gasteiger partial charge is 0.221 e. The van der Waals surface area contributed by atoms with Gasteiger partial charge in [-0.1, -0.05) is 6.92 Å². The number of aryl methyl sites for hydroxylation is 2. The summed E-state index contributed by atoms with van der Waals surface area (Å²) in [6.45, 7) is 8.75. The van der Waals surface area contributed by atoms with E-state index in [9.17, 15) is 4.79 Å². The average Bonchev–Trinajstić information content (AvgIpc) is 2.58. The van der Waals surface area contributed by atoms with Gasteiger partial charge in [0.05, 0.1) is 5.69 Å². The number of carbonyl (C=O) groups is 1. The Balaban J connectivity index is 2.26.